The molecule has 0 atom stereocenters. The maximum Gasteiger partial charge on any atom is 0.185 e. The van der Waals surface area contributed by atoms with E-state index < -0.39 is 0 Å². The number of allylic oxidation sites excluding steroid dienone is 1. The zero-order chi connectivity index (χ0) is 24.8. The Kier molecular flexibility index (Phi) is 8.61. The molecule has 0 unspecified atom stereocenters. The Morgan fingerprint density at radius 2 is 1.63 bits per heavy atom. The van der Waals surface area contributed by atoms with E-state index in [1.165, 1.54) is 24.9 Å². The second-order valence-corrected chi connectivity index (χ2v) is 9.60. The molecule has 0 radical (unpaired) electrons. The fourth-order valence-electron chi connectivity index (χ4n) is 4.09. The van der Waals surface area contributed by atoms with E-state index in [2.05, 4.69) is 4.90 Å². The van der Waals surface area contributed by atoms with Crippen LogP contribution >= 0.6 is 34.8 Å². The van der Waals surface area contributed by atoms with Crippen molar-refractivity contribution in [3.63, 3.8) is 0 Å². The molecule has 7 heteroatoms. The molecule has 0 N–H and O–H groups in total. The molecular formula is C28H26Cl3NO3. The summed E-state index contributed by atoms with van der Waals surface area (Å²) in [6, 6.07) is 16.6. The SMILES string of the molecule is COc1ccc(/C=C/C(=O)c2ccc(N3CCCCC3)cc2)cc1COc1c(Cl)cc(Cl)cc1Cl. The Morgan fingerprint density at radius 1 is 0.943 bits per heavy atom. The van der Waals surface area contributed by atoms with Crippen molar-refractivity contribution in [1.82, 2.24) is 0 Å². The van der Waals surface area contributed by atoms with Gasteiger partial charge in [0, 0.05) is 34.9 Å². The van der Waals surface area contributed by atoms with E-state index in [9.17, 15) is 4.79 Å². The molecule has 0 aliphatic carbocycles. The highest BCUT2D eigenvalue weighted by Gasteiger charge is 2.13. The molecule has 3 aromatic rings. The van der Waals surface area contributed by atoms with Crippen molar-refractivity contribution < 1.29 is 14.3 Å². The number of halogens is 3. The molecule has 1 saturated heterocycles. The van der Waals surface area contributed by atoms with Crippen molar-refractivity contribution in [1.29, 1.82) is 0 Å². The second-order valence-electron chi connectivity index (χ2n) is 8.35. The number of carbonyl (C=O) groups excluding carboxylic acids is 1. The second kappa shape index (κ2) is 11.9. The minimum atomic E-state index is -0.0523. The van der Waals surface area contributed by atoms with Gasteiger partial charge >= 0.3 is 0 Å². The lowest BCUT2D eigenvalue weighted by molar-refractivity contribution is 0.104. The van der Waals surface area contributed by atoms with E-state index in [1.807, 2.05) is 42.5 Å². The van der Waals surface area contributed by atoms with Gasteiger partial charge in [-0.3, -0.25) is 4.79 Å². The van der Waals surface area contributed by atoms with Crippen LogP contribution in [0.4, 0.5) is 5.69 Å². The monoisotopic (exact) mass is 529 g/mol. The lowest BCUT2D eigenvalue weighted by atomic mass is 10.1. The van der Waals surface area contributed by atoms with Gasteiger partial charge in [0.15, 0.2) is 11.5 Å². The topological polar surface area (TPSA) is 38.8 Å². The zero-order valence-electron chi connectivity index (χ0n) is 19.4. The quantitative estimate of drug-likeness (QED) is 0.218. The number of nitrogens with zero attached hydrogens (tertiary/aromatic N) is 1. The van der Waals surface area contributed by atoms with Crippen LogP contribution in [0.3, 0.4) is 0 Å². The van der Waals surface area contributed by atoms with Crippen LogP contribution in [0.2, 0.25) is 15.1 Å². The summed E-state index contributed by atoms with van der Waals surface area (Å²) in [5.41, 5.74) is 3.46. The van der Waals surface area contributed by atoms with E-state index in [4.69, 9.17) is 44.3 Å². The molecule has 0 amide bonds. The molecule has 0 aromatic heterocycles. The van der Waals surface area contributed by atoms with Crippen LogP contribution in [0, 0.1) is 0 Å². The van der Waals surface area contributed by atoms with Gasteiger partial charge in [0.05, 0.1) is 17.2 Å². The van der Waals surface area contributed by atoms with Crippen LogP contribution in [0.1, 0.15) is 40.7 Å². The molecule has 0 saturated carbocycles. The summed E-state index contributed by atoms with van der Waals surface area (Å²) in [7, 11) is 1.59. The highest BCUT2D eigenvalue weighted by atomic mass is 35.5. The number of carbonyl (C=O) groups is 1. The summed E-state index contributed by atoms with van der Waals surface area (Å²) in [5, 5.41) is 1.09. The number of anilines is 1. The van der Waals surface area contributed by atoms with Crippen molar-refractivity contribution >= 4 is 52.3 Å². The van der Waals surface area contributed by atoms with Crippen LogP contribution in [-0.2, 0) is 6.61 Å². The fraction of sp³-hybridized carbons (Fsp3) is 0.250. The van der Waals surface area contributed by atoms with Gasteiger partial charge in [0.1, 0.15) is 12.4 Å². The van der Waals surface area contributed by atoms with Gasteiger partial charge in [-0.2, -0.15) is 0 Å². The molecule has 0 spiro atoms. The van der Waals surface area contributed by atoms with Gasteiger partial charge in [-0.05, 0) is 79.4 Å². The maximum absolute atomic E-state index is 12.7. The molecule has 0 bridgehead atoms. The molecule has 1 aliphatic rings. The summed E-state index contributed by atoms with van der Waals surface area (Å²) in [6.45, 7) is 2.33. The molecule has 3 aromatic carbocycles. The van der Waals surface area contributed by atoms with Crippen molar-refractivity contribution in [3.05, 3.63) is 92.4 Å². The Morgan fingerprint density at radius 3 is 2.29 bits per heavy atom. The molecule has 4 rings (SSSR count). The van der Waals surface area contributed by atoms with Crippen molar-refractivity contribution in [3.8, 4) is 11.5 Å². The summed E-state index contributed by atoms with van der Waals surface area (Å²) < 4.78 is 11.3. The Labute approximate surface area is 221 Å². The first-order valence-corrected chi connectivity index (χ1v) is 12.6. The minimum Gasteiger partial charge on any atom is -0.496 e. The Bertz CT molecular complexity index is 1200. The first-order valence-electron chi connectivity index (χ1n) is 11.5. The van der Waals surface area contributed by atoms with E-state index in [0.29, 0.717) is 32.1 Å². The maximum atomic E-state index is 12.7. The number of benzene rings is 3. The largest absolute Gasteiger partial charge is 0.496 e. The van der Waals surface area contributed by atoms with E-state index in [0.717, 1.165) is 24.2 Å². The summed E-state index contributed by atoms with van der Waals surface area (Å²) in [5.74, 6) is 0.954. The van der Waals surface area contributed by atoms with Gasteiger partial charge in [-0.25, -0.2) is 0 Å². The predicted molar refractivity (Wildman–Crippen MR) is 145 cm³/mol. The molecule has 1 aliphatic heterocycles. The molecule has 4 nitrogen and oxygen atoms in total. The van der Waals surface area contributed by atoms with Gasteiger partial charge in [-0.15, -0.1) is 0 Å². The smallest absolute Gasteiger partial charge is 0.185 e. The number of hydrogen-bond acceptors (Lipinski definition) is 4. The lowest BCUT2D eigenvalue weighted by Crippen LogP contribution is -2.29. The van der Waals surface area contributed by atoms with Crippen LogP contribution in [0.5, 0.6) is 11.5 Å². The lowest BCUT2D eigenvalue weighted by Gasteiger charge is -2.28. The first kappa shape index (κ1) is 25.4. The normalized spacial score (nSPS) is 13.8. The first-order chi connectivity index (χ1) is 16.9. The number of rotatable bonds is 8. The number of ether oxygens (including phenoxy) is 2. The number of hydrogen-bond donors (Lipinski definition) is 0. The average Bonchev–Trinajstić information content (AvgIpc) is 2.87. The van der Waals surface area contributed by atoms with Gasteiger partial charge < -0.3 is 14.4 Å². The fourth-order valence-corrected chi connectivity index (χ4v) is 5.01. The van der Waals surface area contributed by atoms with Crippen molar-refractivity contribution in [2.75, 3.05) is 25.1 Å². The third-order valence-corrected chi connectivity index (χ3v) is 6.72. The Hall–Kier alpha value is -2.66. The highest BCUT2D eigenvalue weighted by Crippen LogP contribution is 2.37. The van der Waals surface area contributed by atoms with Gasteiger partial charge in [-0.1, -0.05) is 46.9 Å². The van der Waals surface area contributed by atoms with Crippen LogP contribution < -0.4 is 14.4 Å². The molecular weight excluding hydrogens is 505 g/mol. The van der Waals surface area contributed by atoms with Crippen LogP contribution in [0.25, 0.3) is 6.08 Å². The number of methoxy groups -OCH3 is 1. The third-order valence-electron chi connectivity index (χ3n) is 5.94. The average molecular weight is 531 g/mol. The summed E-state index contributed by atoms with van der Waals surface area (Å²) in [4.78, 5) is 15.1. The van der Waals surface area contributed by atoms with Crippen molar-refractivity contribution in [2.45, 2.75) is 25.9 Å². The molecule has 182 valence electrons. The number of ketones is 1. The molecule has 35 heavy (non-hydrogen) atoms. The van der Waals surface area contributed by atoms with Crippen molar-refractivity contribution in [2.24, 2.45) is 0 Å². The summed E-state index contributed by atoms with van der Waals surface area (Å²) in [6.07, 6.45) is 7.09. The van der Waals surface area contributed by atoms with Crippen LogP contribution in [-0.4, -0.2) is 26.0 Å². The summed E-state index contributed by atoms with van der Waals surface area (Å²) >= 11 is 18.4. The minimum absolute atomic E-state index is 0.0523. The molecule has 1 heterocycles. The molecule has 1 fully saturated rings. The number of piperidine rings is 1. The van der Waals surface area contributed by atoms with E-state index in [-0.39, 0.29) is 12.4 Å². The van der Waals surface area contributed by atoms with E-state index >= 15 is 0 Å². The van der Waals surface area contributed by atoms with Crippen LogP contribution in [0.15, 0.2) is 60.7 Å². The standard InChI is InChI=1S/C28H26Cl3NO3/c1-34-27-12-6-19(15-21(27)18-35-28-24(30)16-22(29)17-25(28)31)5-11-26(33)20-7-9-23(10-8-20)32-13-3-2-4-14-32/h5-12,15-17H,2-4,13-14,18H2,1H3/b11-5+. The third kappa shape index (κ3) is 6.52. The van der Waals surface area contributed by atoms with E-state index in [1.54, 1.807) is 31.4 Å². The predicted octanol–water partition coefficient (Wildman–Crippen LogP) is 8.12. The van der Waals surface area contributed by atoms with Gasteiger partial charge in [0.25, 0.3) is 0 Å². The highest BCUT2D eigenvalue weighted by molar-refractivity contribution is 6.40. The zero-order valence-corrected chi connectivity index (χ0v) is 21.7. The van der Waals surface area contributed by atoms with Gasteiger partial charge in [0.2, 0.25) is 0 Å². The Balaban J connectivity index is 1.45.